The van der Waals surface area contributed by atoms with E-state index >= 15 is 0 Å². The molecule has 1 aliphatic rings. The molecule has 7 heteroatoms. The Kier molecular flexibility index (Phi) is 3.61. The Bertz CT molecular complexity index is 1020. The van der Waals surface area contributed by atoms with Crippen molar-refractivity contribution in [2.45, 2.75) is 13.1 Å². The van der Waals surface area contributed by atoms with E-state index in [0.29, 0.717) is 17.9 Å². The van der Waals surface area contributed by atoms with Gasteiger partial charge in [0.1, 0.15) is 5.75 Å². The Hall–Kier alpha value is -3.35. The van der Waals surface area contributed by atoms with E-state index in [4.69, 9.17) is 10.5 Å². The van der Waals surface area contributed by atoms with Gasteiger partial charge in [-0.2, -0.15) is 4.98 Å². The number of hydrogen-bond donors (Lipinski definition) is 2. The maximum absolute atomic E-state index is 12.3. The normalized spacial score (nSPS) is 16.0. The number of benzene rings is 2. The zero-order chi connectivity index (χ0) is 17.4. The molecule has 1 atom stereocenters. The first-order valence-corrected chi connectivity index (χ1v) is 8.01. The zero-order valence-corrected chi connectivity index (χ0v) is 13.6. The van der Waals surface area contributed by atoms with Crippen LogP contribution in [-0.2, 0) is 0 Å². The topological polar surface area (TPSA) is 94.5 Å². The number of para-hydroxylation sites is 1. The molecule has 0 amide bonds. The van der Waals surface area contributed by atoms with Crippen molar-refractivity contribution in [3.8, 4) is 5.75 Å². The van der Waals surface area contributed by atoms with Crippen molar-refractivity contribution in [3.05, 3.63) is 64.4 Å². The average Bonchev–Trinajstić information content (AvgIpc) is 2.62. The number of ether oxygens (including phenoxy) is 1. The minimum Gasteiger partial charge on any atom is -0.494 e. The van der Waals surface area contributed by atoms with E-state index in [1.54, 1.807) is 6.07 Å². The number of fused-ring (bicyclic) bond motifs is 3. The van der Waals surface area contributed by atoms with Gasteiger partial charge in [0.2, 0.25) is 5.95 Å². The third kappa shape index (κ3) is 2.59. The first-order valence-electron chi connectivity index (χ1n) is 8.01. The predicted molar refractivity (Wildman–Crippen MR) is 97.0 cm³/mol. The standard InChI is InChI=1S/C18H17N5O2/c1-2-25-12-9-7-11(8-10-12)15-20-17(19)22-18-21-16(24)13-5-3-4-6-14(13)23(15)18/h3-10,15H,2H2,1H3,(H3,19,20,21,22,24)/t15-/m1/s1. The summed E-state index contributed by atoms with van der Waals surface area (Å²) in [7, 11) is 0. The molecule has 1 aromatic heterocycles. The highest BCUT2D eigenvalue weighted by molar-refractivity contribution is 5.93. The van der Waals surface area contributed by atoms with Crippen LogP contribution in [0.25, 0.3) is 10.9 Å². The van der Waals surface area contributed by atoms with Gasteiger partial charge < -0.3 is 10.5 Å². The minimum absolute atomic E-state index is 0.223. The lowest BCUT2D eigenvalue weighted by atomic mass is 10.1. The quantitative estimate of drug-likeness (QED) is 0.764. The van der Waals surface area contributed by atoms with Crippen molar-refractivity contribution in [1.29, 1.82) is 0 Å². The van der Waals surface area contributed by atoms with E-state index in [1.807, 2.05) is 54.0 Å². The highest BCUT2D eigenvalue weighted by Crippen LogP contribution is 2.30. The number of rotatable bonds is 3. The minimum atomic E-state index is -0.412. The maximum atomic E-state index is 12.3. The molecule has 0 radical (unpaired) electrons. The second-order valence-electron chi connectivity index (χ2n) is 5.64. The van der Waals surface area contributed by atoms with Gasteiger partial charge in [-0.05, 0) is 36.8 Å². The van der Waals surface area contributed by atoms with E-state index in [2.05, 4.69) is 15.3 Å². The molecule has 2 heterocycles. The average molecular weight is 335 g/mol. The fraction of sp³-hybridized carbons (Fsp3) is 0.167. The Morgan fingerprint density at radius 2 is 1.96 bits per heavy atom. The van der Waals surface area contributed by atoms with Crippen LogP contribution in [-0.4, -0.2) is 22.1 Å². The van der Waals surface area contributed by atoms with E-state index in [0.717, 1.165) is 16.8 Å². The highest BCUT2D eigenvalue weighted by Gasteiger charge is 2.24. The van der Waals surface area contributed by atoms with Crippen LogP contribution in [0.15, 0.2) is 58.3 Å². The number of nitrogens with one attached hydrogen (secondary N) is 1. The number of aromatic nitrogens is 2. The Morgan fingerprint density at radius 1 is 1.20 bits per heavy atom. The summed E-state index contributed by atoms with van der Waals surface area (Å²) in [5.41, 5.74) is 7.28. The van der Waals surface area contributed by atoms with Gasteiger partial charge in [-0.3, -0.25) is 14.7 Å². The van der Waals surface area contributed by atoms with Crippen molar-refractivity contribution in [1.82, 2.24) is 9.55 Å². The lowest BCUT2D eigenvalue weighted by Crippen LogP contribution is -2.34. The second-order valence-corrected chi connectivity index (χ2v) is 5.64. The summed E-state index contributed by atoms with van der Waals surface area (Å²) in [5.74, 6) is 1.40. The van der Waals surface area contributed by atoms with Crippen molar-refractivity contribution in [3.63, 3.8) is 0 Å². The van der Waals surface area contributed by atoms with Gasteiger partial charge in [0, 0.05) is 0 Å². The molecule has 0 unspecified atom stereocenters. The van der Waals surface area contributed by atoms with Gasteiger partial charge in [-0.1, -0.05) is 24.3 Å². The summed E-state index contributed by atoms with van der Waals surface area (Å²) in [6.45, 7) is 2.55. The van der Waals surface area contributed by atoms with Crippen LogP contribution in [0.1, 0.15) is 18.7 Å². The van der Waals surface area contributed by atoms with E-state index in [1.165, 1.54) is 0 Å². The molecule has 0 aliphatic carbocycles. The summed E-state index contributed by atoms with van der Waals surface area (Å²) in [6.07, 6.45) is -0.412. The molecule has 0 saturated heterocycles. The van der Waals surface area contributed by atoms with Crippen LogP contribution >= 0.6 is 0 Å². The molecule has 0 saturated carbocycles. The molecule has 0 fully saturated rings. The SMILES string of the molecule is CCOc1ccc([C@@H]2N=C(N)Nc3nc(=O)c4ccccc4n32)cc1. The number of nitrogens with zero attached hydrogens (tertiary/aromatic N) is 3. The zero-order valence-electron chi connectivity index (χ0n) is 13.6. The van der Waals surface area contributed by atoms with E-state index < -0.39 is 6.17 Å². The van der Waals surface area contributed by atoms with E-state index in [9.17, 15) is 4.79 Å². The lowest BCUT2D eigenvalue weighted by Gasteiger charge is -2.27. The van der Waals surface area contributed by atoms with E-state index in [-0.39, 0.29) is 11.5 Å². The van der Waals surface area contributed by atoms with Gasteiger partial charge in [-0.25, -0.2) is 4.99 Å². The summed E-state index contributed by atoms with van der Waals surface area (Å²) in [6, 6.07) is 15.0. The molecule has 4 rings (SSSR count). The van der Waals surface area contributed by atoms with Crippen LogP contribution in [0, 0.1) is 0 Å². The van der Waals surface area contributed by atoms with Crippen LogP contribution in [0.3, 0.4) is 0 Å². The molecule has 3 N–H and O–H groups in total. The molecule has 7 nitrogen and oxygen atoms in total. The molecule has 2 aromatic carbocycles. The number of aliphatic imine (C=N–C) groups is 1. The fourth-order valence-corrected chi connectivity index (χ4v) is 2.99. The molecule has 0 spiro atoms. The Balaban J connectivity index is 1.91. The van der Waals surface area contributed by atoms with Gasteiger partial charge in [-0.15, -0.1) is 0 Å². The molecular weight excluding hydrogens is 318 g/mol. The number of hydrogen-bond acceptors (Lipinski definition) is 6. The van der Waals surface area contributed by atoms with Gasteiger partial charge in [0.15, 0.2) is 12.1 Å². The van der Waals surface area contributed by atoms with Crippen molar-refractivity contribution in [2.75, 3.05) is 11.9 Å². The smallest absolute Gasteiger partial charge is 0.282 e. The first-order chi connectivity index (χ1) is 12.2. The molecular formula is C18H17N5O2. The maximum Gasteiger partial charge on any atom is 0.282 e. The van der Waals surface area contributed by atoms with Crippen molar-refractivity contribution >= 4 is 22.8 Å². The third-order valence-electron chi connectivity index (χ3n) is 4.06. The highest BCUT2D eigenvalue weighted by atomic mass is 16.5. The summed E-state index contributed by atoms with van der Waals surface area (Å²) in [5, 5.41) is 3.42. The molecule has 126 valence electrons. The Morgan fingerprint density at radius 3 is 2.72 bits per heavy atom. The number of nitrogens with two attached hydrogens (primary N) is 1. The van der Waals surface area contributed by atoms with Crippen molar-refractivity contribution < 1.29 is 4.74 Å². The third-order valence-corrected chi connectivity index (χ3v) is 4.06. The van der Waals surface area contributed by atoms with Gasteiger partial charge in [0.05, 0.1) is 17.5 Å². The van der Waals surface area contributed by atoms with Crippen LogP contribution in [0.4, 0.5) is 5.95 Å². The fourth-order valence-electron chi connectivity index (χ4n) is 2.99. The van der Waals surface area contributed by atoms with Gasteiger partial charge in [0.25, 0.3) is 5.56 Å². The Labute approximate surface area is 143 Å². The number of anilines is 1. The molecule has 0 bridgehead atoms. The van der Waals surface area contributed by atoms with Gasteiger partial charge >= 0.3 is 0 Å². The van der Waals surface area contributed by atoms with Crippen LogP contribution < -0.4 is 21.3 Å². The largest absolute Gasteiger partial charge is 0.494 e. The summed E-state index contributed by atoms with van der Waals surface area (Å²) < 4.78 is 7.37. The second kappa shape index (κ2) is 5.94. The number of guanidine groups is 1. The molecule has 1 aliphatic heterocycles. The van der Waals surface area contributed by atoms with Crippen LogP contribution in [0.2, 0.25) is 0 Å². The summed E-state index contributed by atoms with van der Waals surface area (Å²) >= 11 is 0. The summed E-state index contributed by atoms with van der Waals surface area (Å²) in [4.78, 5) is 20.9. The molecule has 25 heavy (non-hydrogen) atoms. The predicted octanol–water partition coefficient (Wildman–Crippen LogP) is 2.08. The van der Waals surface area contributed by atoms with Crippen molar-refractivity contribution in [2.24, 2.45) is 10.7 Å². The lowest BCUT2D eigenvalue weighted by molar-refractivity contribution is 0.340. The monoisotopic (exact) mass is 335 g/mol. The first kappa shape index (κ1) is 15.2. The van der Waals surface area contributed by atoms with Crippen LogP contribution in [0.5, 0.6) is 5.75 Å². The molecule has 3 aromatic rings.